The maximum Gasteiger partial charge on any atom is 0.244 e. The molecule has 0 aliphatic carbocycles. The average molecular weight is 240 g/mol. The minimum atomic E-state index is -0.544. The molecule has 3 nitrogen and oxygen atoms in total. The van der Waals surface area contributed by atoms with Crippen LogP contribution in [0.25, 0.3) is 6.08 Å². The van der Waals surface area contributed by atoms with E-state index in [1.54, 1.807) is 19.1 Å². The Balaban J connectivity index is 2.54. The molecule has 0 heterocycles. The smallest absolute Gasteiger partial charge is 0.244 e. The van der Waals surface area contributed by atoms with Gasteiger partial charge in [0.2, 0.25) is 5.91 Å². The van der Waals surface area contributed by atoms with Crippen LogP contribution in [-0.4, -0.2) is 23.7 Å². The maximum atomic E-state index is 11.3. The molecule has 0 aromatic heterocycles. The van der Waals surface area contributed by atoms with Crippen molar-refractivity contribution in [3.8, 4) is 0 Å². The van der Waals surface area contributed by atoms with Crippen molar-refractivity contribution in [3.63, 3.8) is 0 Å². The van der Waals surface area contributed by atoms with E-state index in [4.69, 9.17) is 16.7 Å². The number of hydrogen-bond acceptors (Lipinski definition) is 2. The molecule has 0 aliphatic rings. The fourth-order valence-electron chi connectivity index (χ4n) is 1.08. The van der Waals surface area contributed by atoms with Gasteiger partial charge in [0.15, 0.2) is 0 Å². The highest BCUT2D eigenvalue weighted by molar-refractivity contribution is 6.32. The van der Waals surface area contributed by atoms with E-state index < -0.39 is 6.10 Å². The molecule has 0 saturated heterocycles. The van der Waals surface area contributed by atoms with E-state index >= 15 is 0 Å². The summed E-state index contributed by atoms with van der Waals surface area (Å²) in [6.07, 6.45) is 2.49. The lowest BCUT2D eigenvalue weighted by Gasteiger charge is -2.03. The van der Waals surface area contributed by atoms with Gasteiger partial charge in [-0.2, -0.15) is 0 Å². The van der Waals surface area contributed by atoms with Crippen LogP contribution in [0.4, 0.5) is 0 Å². The molecule has 0 bridgehead atoms. The van der Waals surface area contributed by atoms with Gasteiger partial charge in [0.05, 0.1) is 6.10 Å². The summed E-state index contributed by atoms with van der Waals surface area (Å²) in [6.45, 7) is 1.85. The van der Waals surface area contributed by atoms with E-state index in [9.17, 15) is 4.79 Å². The minimum Gasteiger partial charge on any atom is -0.392 e. The third kappa shape index (κ3) is 4.47. The molecule has 1 amide bonds. The Bertz CT molecular complexity index is 388. The normalized spacial score (nSPS) is 12.7. The number of aliphatic hydroxyl groups excluding tert-OH is 1. The van der Waals surface area contributed by atoms with Crippen molar-refractivity contribution in [2.75, 3.05) is 6.54 Å². The predicted molar refractivity (Wildman–Crippen MR) is 65.2 cm³/mol. The van der Waals surface area contributed by atoms with Crippen molar-refractivity contribution in [1.82, 2.24) is 5.32 Å². The van der Waals surface area contributed by atoms with Crippen LogP contribution in [0, 0.1) is 0 Å². The molecular weight excluding hydrogens is 226 g/mol. The summed E-state index contributed by atoms with van der Waals surface area (Å²) in [5.41, 5.74) is 0.788. The Morgan fingerprint density at radius 1 is 1.56 bits per heavy atom. The van der Waals surface area contributed by atoms with E-state index in [0.717, 1.165) is 5.56 Å². The van der Waals surface area contributed by atoms with Crippen molar-refractivity contribution >= 4 is 23.6 Å². The summed E-state index contributed by atoms with van der Waals surface area (Å²) >= 11 is 5.91. The fraction of sp³-hybridized carbons (Fsp3) is 0.250. The lowest BCUT2D eigenvalue weighted by atomic mass is 10.2. The van der Waals surface area contributed by atoms with Crippen LogP contribution in [0.3, 0.4) is 0 Å². The van der Waals surface area contributed by atoms with Crippen molar-refractivity contribution in [2.24, 2.45) is 0 Å². The van der Waals surface area contributed by atoms with E-state index in [1.165, 1.54) is 6.08 Å². The van der Waals surface area contributed by atoms with Crippen LogP contribution >= 0.6 is 11.6 Å². The largest absolute Gasteiger partial charge is 0.392 e. The van der Waals surface area contributed by atoms with Crippen molar-refractivity contribution in [2.45, 2.75) is 13.0 Å². The second-order valence-corrected chi connectivity index (χ2v) is 3.86. The number of aliphatic hydroxyl groups is 1. The molecule has 0 aliphatic heterocycles. The number of nitrogens with one attached hydrogen (secondary N) is 1. The molecule has 4 heteroatoms. The van der Waals surface area contributed by atoms with Crippen LogP contribution in [0.15, 0.2) is 30.3 Å². The molecule has 16 heavy (non-hydrogen) atoms. The first kappa shape index (κ1) is 12.7. The Labute approximate surface area is 99.7 Å². The molecule has 0 saturated carbocycles. The van der Waals surface area contributed by atoms with Gasteiger partial charge in [0, 0.05) is 17.6 Å². The molecule has 0 spiro atoms. The molecule has 1 atom stereocenters. The molecule has 1 rings (SSSR count). The first-order chi connectivity index (χ1) is 7.59. The van der Waals surface area contributed by atoms with Crippen molar-refractivity contribution < 1.29 is 9.90 Å². The molecule has 0 radical (unpaired) electrons. The van der Waals surface area contributed by atoms with Gasteiger partial charge < -0.3 is 10.4 Å². The summed E-state index contributed by atoms with van der Waals surface area (Å²) in [5, 5.41) is 12.1. The first-order valence-electron chi connectivity index (χ1n) is 4.98. The molecule has 0 fully saturated rings. The number of rotatable bonds is 4. The number of benzene rings is 1. The number of carbonyl (C=O) groups excluding carboxylic acids is 1. The lowest BCUT2D eigenvalue weighted by Crippen LogP contribution is -2.28. The number of amides is 1. The number of halogens is 1. The highest BCUT2D eigenvalue weighted by atomic mass is 35.5. The minimum absolute atomic E-state index is 0.242. The maximum absolute atomic E-state index is 11.3. The van der Waals surface area contributed by atoms with Crippen LogP contribution in [0.2, 0.25) is 5.02 Å². The predicted octanol–water partition coefficient (Wildman–Crippen LogP) is 1.85. The number of carbonyl (C=O) groups is 1. The van der Waals surface area contributed by atoms with Crippen LogP contribution < -0.4 is 5.32 Å². The third-order valence-electron chi connectivity index (χ3n) is 1.89. The zero-order valence-electron chi connectivity index (χ0n) is 8.98. The van der Waals surface area contributed by atoms with Crippen molar-refractivity contribution in [1.29, 1.82) is 0 Å². The molecule has 2 N–H and O–H groups in total. The van der Waals surface area contributed by atoms with Gasteiger partial charge >= 0.3 is 0 Å². The standard InChI is InChI=1S/C12H14ClNO2/c1-9(15)8-14-12(16)7-6-10-4-2-3-5-11(10)13/h2-7,9,15H,8H2,1H3,(H,14,16)/b7-6+. The molecule has 86 valence electrons. The Hall–Kier alpha value is -1.32. The Morgan fingerprint density at radius 2 is 2.25 bits per heavy atom. The number of hydrogen-bond donors (Lipinski definition) is 2. The van der Waals surface area contributed by atoms with Gasteiger partial charge in [-0.05, 0) is 24.6 Å². The zero-order valence-corrected chi connectivity index (χ0v) is 9.74. The van der Waals surface area contributed by atoms with Crippen LogP contribution in [-0.2, 0) is 4.79 Å². The molecule has 1 unspecified atom stereocenters. The zero-order chi connectivity index (χ0) is 12.0. The highest BCUT2D eigenvalue weighted by Crippen LogP contribution is 2.15. The van der Waals surface area contributed by atoms with Gasteiger partial charge in [0.1, 0.15) is 0 Å². The quantitative estimate of drug-likeness (QED) is 0.788. The summed E-state index contributed by atoms with van der Waals surface area (Å²) < 4.78 is 0. The Morgan fingerprint density at radius 3 is 2.88 bits per heavy atom. The van der Waals surface area contributed by atoms with E-state index in [-0.39, 0.29) is 12.5 Å². The second kappa shape index (κ2) is 6.30. The lowest BCUT2D eigenvalue weighted by molar-refractivity contribution is -0.116. The average Bonchev–Trinajstić information content (AvgIpc) is 2.25. The summed E-state index contributed by atoms with van der Waals surface area (Å²) in [4.78, 5) is 11.3. The summed E-state index contributed by atoms with van der Waals surface area (Å²) in [6, 6.07) is 7.25. The van der Waals surface area contributed by atoms with E-state index in [0.29, 0.717) is 5.02 Å². The van der Waals surface area contributed by atoms with Gasteiger partial charge in [-0.3, -0.25) is 4.79 Å². The third-order valence-corrected chi connectivity index (χ3v) is 2.24. The van der Waals surface area contributed by atoms with Gasteiger partial charge in [0.25, 0.3) is 0 Å². The summed E-state index contributed by atoms with van der Waals surface area (Å²) in [7, 11) is 0. The van der Waals surface area contributed by atoms with E-state index in [2.05, 4.69) is 5.32 Å². The van der Waals surface area contributed by atoms with Crippen molar-refractivity contribution in [3.05, 3.63) is 40.9 Å². The van der Waals surface area contributed by atoms with Gasteiger partial charge in [-0.1, -0.05) is 29.8 Å². The second-order valence-electron chi connectivity index (χ2n) is 3.45. The fourth-order valence-corrected chi connectivity index (χ4v) is 1.28. The Kier molecular flexibility index (Phi) is 5.02. The van der Waals surface area contributed by atoms with Gasteiger partial charge in [-0.25, -0.2) is 0 Å². The van der Waals surface area contributed by atoms with Crippen LogP contribution in [0.1, 0.15) is 12.5 Å². The highest BCUT2D eigenvalue weighted by Gasteiger charge is 1.99. The van der Waals surface area contributed by atoms with Gasteiger partial charge in [-0.15, -0.1) is 0 Å². The molecular formula is C12H14ClNO2. The molecule has 1 aromatic carbocycles. The SMILES string of the molecule is CC(O)CNC(=O)/C=C/c1ccccc1Cl. The molecule has 1 aromatic rings. The van der Waals surface area contributed by atoms with Crippen LogP contribution in [0.5, 0.6) is 0 Å². The summed E-state index contributed by atoms with van der Waals surface area (Å²) in [5.74, 6) is -0.249. The topological polar surface area (TPSA) is 49.3 Å². The monoisotopic (exact) mass is 239 g/mol. The first-order valence-corrected chi connectivity index (χ1v) is 5.36. The van der Waals surface area contributed by atoms with E-state index in [1.807, 2.05) is 18.2 Å².